The van der Waals surface area contributed by atoms with Crippen molar-refractivity contribution < 1.29 is 4.79 Å². The SMILES string of the molecule is O=C(c1ccccc1)[SiH](c1ccccc1)c1ccccc1. The summed E-state index contributed by atoms with van der Waals surface area (Å²) in [5.74, 6) is 0. The van der Waals surface area contributed by atoms with Gasteiger partial charge in [0.05, 0.1) is 0 Å². The zero-order chi connectivity index (χ0) is 14.5. The minimum absolute atomic E-state index is 0.271. The van der Waals surface area contributed by atoms with Crippen molar-refractivity contribution in [1.29, 1.82) is 0 Å². The minimum atomic E-state index is -1.91. The lowest BCUT2D eigenvalue weighted by atomic mass is 10.2. The van der Waals surface area contributed by atoms with Crippen molar-refractivity contribution in [1.82, 2.24) is 0 Å². The minimum Gasteiger partial charge on any atom is -0.300 e. The van der Waals surface area contributed by atoms with Crippen molar-refractivity contribution in [3.8, 4) is 0 Å². The first-order valence-corrected chi connectivity index (χ1v) is 8.78. The molecule has 1 nitrogen and oxygen atoms in total. The Morgan fingerprint density at radius 1 is 0.571 bits per heavy atom. The van der Waals surface area contributed by atoms with Crippen molar-refractivity contribution in [2.75, 3.05) is 0 Å². The largest absolute Gasteiger partial charge is 0.300 e. The first-order chi connectivity index (χ1) is 10.4. The van der Waals surface area contributed by atoms with E-state index >= 15 is 0 Å². The van der Waals surface area contributed by atoms with Crippen molar-refractivity contribution in [3.63, 3.8) is 0 Å². The molecule has 0 N–H and O–H groups in total. The van der Waals surface area contributed by atoms with E-state index in [0.29, 0.717) is 0 Å². The molecule has 21 heavy (non-hydrogen) atoms. The molecule has 0 heterocycles. The van der Waals surface area contributed by atoms with E-state index in [4.69, 9.17) is 0 Å². The molecule has 0 fully saturated rings. The molecule has 102 valence electrons. The first kappa shape index (κ1) is 13.5. The molecule has 2 heteroatoms. The second-order valence-corrected chi connectivity index (χ2v) is 7.71. The third-order valence-electron chi connectivity index (χ3n) is 3.59. The van der Waals surface area contributed by atoms with Crippen LogP contribution in [0.1, 0.15) is 10.4 Å². The molecule has 3 aromatic carbocycles. The summed E-state index contributed by atoms with van der Waals surface area (Å²) in [6, 6.07) is 29.9. The van der Waals surface area contributed by atoms with Gasteiger partial charge in [0, 0.05) is 5.56 Å². The van der Waals surface area contributed by atoms with Crippen LogP contribution in [0.5, 0.6) is 0 Å². The molecule has 3 rings (SSSR count). The van der Waals surface area contributed by atoms with Crippen molar-refractivity contribution in [2.45, 2.75) is 0 Å². The van der Waals surface area contributed by atoms with E-state index in [1.807, 2.05) is 66.7 Å². The van der Waals surface area contributed by atoms with Crippen LogP contribution in [-0.2, 0) is 0 Å². The predicted octanol–water partition coefficient (Wildman–Crippen LogP) is 2.45. The van der Waals surface area contributed by atoms with Crippen LogP contribution in [-0.4, -0.2) is 14.2 Å². The number of hydrogen-bond acceptors (Lipinski definition) is 1. The third-order valence-corrected chi connectivity index (χ3v) is 6.55. The van der Waals surface area contributed by atoms with Gasteiger partial charge in [0.2, 0.25) is 0 Å². The van der Waals surface area contributed by atoms with Crippen molar-refractivity contribution in [2.24, 2.45) is 0 Å². The average molecular weight is 288 g/mol. The smallest absolute Gasteiger partial charge is 0.184 e. The molecular weight excluding hydrogens is 272 g/mol. The van der Waals surface area contributed by atoms with Crippen molar-refractivity contribution in [3.05, 3.63) is 96.6 Å². The average Bonchev–Trinajstić information content (AvgIpc) is 2.58. The second-order valence-electron chi connectivity index (χ2n) is 4.98. The van der Waals surface area contributed by atoms with Crippen LogP contribution in [0.3, 0.4) is 0 Å². The molecule has 3 aromatic rings. The Morgan fingerprint density at radius 2 is 0.952 bits per heavy atom. The molecule has 0 saturated heterocycles. The summed E-state index contributed by atoms with van der Waals surface area (Å²) >= 11 is 0. The maximum atomic E-state index is 13.0. The van der Waals surface area contributed by atoms with Crippen LogP contribution in [0, 0.1) is 0 Å². The lowest BCUT2D eigenvalue weighted by Gasteiger charge is -2.15. The maximum Gasteiger partial charge on any atom is 0.184 e. The summed E-state index contributed by atoms with van der Waals surface area (Å²) in [4.78, 5) is 13.0. The molecule has 0 bridgehead atoms. The van der Waals surface area contributed by atoms with Gasteiger partial charge in [-0.1, -0.05) is 91.0 Å². The summed E-state index contributed by atoms with van der Waals surface area (Å²) in [6.07, 6.45) is 0. The lowest BCUT2D eigenvalue weighted by molar-refractivity contribution is 0.107. The van der Waals surface area contributed by atoms with E-state index in [1.165, 1.54) is 0 Å². The van der Waals surface area contributed by atoms with Gasteiger partial charge in [0.1, 0.15) is 5.41 Å². The first-order valence-electron chi connectivity index (χ1n) is 7.05. The Balaban J connectivity index is 2.07. The van der Waals surface area contributed by atoms with E-state index < -0.39 is 8.80 Å². The Hall–Kier alpha value is -2.45. The number of hydrogen-bond donors (Lipinski definition) is 0. The highest BCUT2D eigenvalue weighted by Gasteiger charge is 2.25. The van der Waals surface area contributed by atoms with Crippen LogP contribution in [0.15, 0.2) is 91.0 Å². The highest BCUT2D eigenvalue weighted by atomic mass is 28.3. The number of benzene rings is 3. The second kappa shape index (κ2) is 6.33. The molecule has 0 aliphatic rings. The van der Waals surface area contributed by atoms with Gasteiger partial charge < -0.3 is 0 Å². The van der Waals surface area contributed by atoms with Gasteiger partial charge in [-0.2, -0.15) is 0 Å². The predicted molar refractivity (Wildman–Crippen MR) is 90.1 cm³/mol. The van der Waals surface area contributed by atoms with Crippen molar-refractivity contribution >= 4 is 24.6 Å². The van der Waals surface area contributed by atoms with Gasteiger partial charge in [-0.25, -0.2) is 0 Å². The molecule has 0 amide bonds. The topological polar surface area (TPSA) is 17.1 Å². The van der Waals surface area contributed by atoms with E-state index in [0.717, 1.165) is 15.9 Å². The van der Waals surface area contributed by atoms with Crippen LogP contribution >= 0.6 is 0 Å². The monoisotopic (exact) mass is 288 g/mol. The Bertz CT molecular complexity index is 669. The zero-order valence-corrected chi connectivity index (χ0v) is 12.8. The lowest BCUT2D eigenvalue weighted by Crippen LogP contribution is -2.49. The zero-order valence-electron chi connectivity index (χ0n) is 11.6. The van der Waals surface area contributed by atoms with Crippen LogP contribution in [0.25, 0.3) is 0 Å². The molecule has 0 saturated carbocycles. The standard InChI is InChI=1S/C19H16OSi/c20-19(16-10-4-1-5-11-16)21(17-12-6-2-7-13-17)18-14-8-3-9-15-18/h1-15,21H. The molecule has 0 atom stereocenters. The summed E-state index contributed by atoms with van der Waals surface area (Å²) in [5.41, 5.74) is 0.807. The molecular formula is C19H16OSi. The fraction of sp³-hybridized carbons (Fsp3) is 0. The maximum absolute atomic E-state index is 13.0. The van der Waals surface area contributed by atoms with Crippen LogP contribution < -0.4 is 10.4 Å². The molecule has 0 unspecified atom stereocenters. The highest BCUT2D eigenvalue weighted by Crippen LogP contribution is 2.04. The Morgan fingerprint density at radius 3 is 1.38 bits per heavy atom. The quantitative estimate of drug-likeness (QED) is 0.674. The van der Waals surface area contributed by atoms with Crippen LogP contribution in [0.4, 0.5) is 0 Å². The molecule has 0 aliphatic carbocycles. The van der Waals surface area contributed by atoms with Gasteiger partial charge in [-0.15, -0.1) is 0 Å². The highest BCUT2D eigenvalue weighted by molar-refractivity contribution is 7.09. The molecule has 0 radical (unpaired) electrons. The summed E-state index contributed by atoms with van der Waals surface area (Å²) in [7, 11) is -1.91. The fourth-order valence-corrected chi connectivity index (χ4v) is 5.29. The van der Waals surface area contributed by atoms with Gasteiger partial charge in [0.15, 0.2) is 8.80 Å². The molecule has 0 spiro atoms. The van der Waals surface area contributed by atoms with Gasteiger partial charge in [-0.3, -0.25) is 4.79 Å². The summed E-state index contributed by atoms with van der Waals surface area (Å²) in [5, 5.41) is 2.60. The Labute approximate surface area is 126 Å². The number of rotatable bonds is 4. The van der Waals surface area contributed by atoms with E-state index in [1.54, 1.807) is 0 Å². The van der Waals surface area contributed by atoms with Gasteiger partial charge in [0.25, 0.3) is 0 Å². The molecule has 0 aromatic heterocycles. The normalized spacial score (nSPS) is 10.5. The number of carbonyl (C=O) groups is 1. The third kappa shape index (κ3) is 3.01. The van der Waals surface area contributed by atoms with E-state index in [2.05, 4.69) is 24.3 Å². The van der Waals surface area contributed by atoms with Gasteiger partial charge >= 0.3 is 0 Å². The van der Waals surface area contributed by atoms with E-state index in [9.17, 15) is 4.79 Å². The molecule has 0 aliphatic heterocycles. The number of carbonyl (C=O) groups excluding carboxylic acids is 1. The Kier molecular flexibility index (Phi) is 4.08. The van der Waals surface area contributed by atoms with E-state index in [-0.39, 0.29) is 5.41 Å². The summed E-state index contributed by atoms with van der Waals surface area (Å²) in [6.45, 7) is 0. The summed E-state index contributed by atoms with van der Waals surface area (Å²) < 4.78 is 0. The fourth-order valence-electron chi connectivity index (χ4n) is 2.56. The van der Waals surface area contributed by atoms with Gasteiger partial charge in [-0.05, 0) is 10.4 Å². The van der Waals surface area contributed by atoms with Crippen LogP contribution in [0.2, 0.25) is 0 Å².